The third-order valence-electron chi connectivity index (χ3n) is 26.5. The van der Waals surface area contributed by atoms with Crippen LogP contribution in [-0.4, -0.2) is 133 Å². The average molecular weight is 1590 g/mol. The Morgan fingerprint density at radius 1 is 0.339 bits per heavy atom. The molecule has 1 aliphatic carbocycles. The van der Waals surface area contributed by atoms with E-state index in [0.29, 0.717) is 18.6 Å². The van der Waals surface area contributed by atoms with Crippen LogP contribution in [0.4, 0.5) is 0 Å². The van der Waals surface area contributed by atoms with Crippen molar-refractivity contribution in [3.63, 3.8) is 0 Å². The van der Waals surface area contributed by atoms with E-state index in [1.165, 1.54) is 398 Å². The van der Waals surface area contributed by atoms with Gasteiger partial charge in [-0.2, -0.15) is 0 Å². The molecule has 14 nitrogen and oxygen atoms in total. The Morgan fingerprint density at radius 3 is 0.973 bits per heavy atom. The minimum Gasteiger partial charge on any atom is -0.463 e. The highest BCUT2D eigenvalue weighted by Gasteiger charge is 2.50. The number of hydrogen-bond donors (Lipinski definition) is 8. The third kappa shape index (κ3) is 54.1. The predicted molar refractivity (Wildman–Crippen MR) is 465 cm³/mol. The van der Waals surface area contributed by atoms with Gasteiger partial charge in [-0.05, 0) is 49.9 Å². The number of hydrogen-bond acceptors (Lipinski definition) is 14. The number of aliphatic hydroxyl groups excluding tert-OH is 8. The molecule has 0 bridgehead atoms. The van der Waals surface area contributed by atoms with E-state index in [2.05, 4.69) is 27.7 Å². The molecule has 0 aromatic carbocycles. The van der Waals surface area contributed by atoms with Crippen LogP contribution in [0.25, 0.3) is 0 Å². The quantitative estimate of drug-likeness (QED) is 0.0209. The van der Waals surface area contributed by atoms with Crippen molar-refractivity contribution in [2.75, 3.05) is 13.2 Å². The van der Waals surface area contributed by atoms with Gasteiger partial charge in [0.25, 0.3) is 0 Å². The van der Waals surface area contributed by atoms with E-state index < -0.39 is 92.6 Å². The van der Waals surface area contributed by atoms with E-state index in [0.717, 1.165) is 82.0 Å². The van der Waals surface area contributed by atoms with Gasteiger partial charge in [-0.25, -0.2) is 0 Å². The molecule has 0 aromatic rings. The molecule has 0 aromatic heterocycles. The second-order valence-corrected chi connectivity index (χ2v) is 36.8. The normalized spacial score (nSPS) is 23.0. The van der Waals surface area contributed by atoms with Gasteiger partial charge in [-0.1, -0.05) is 464 Å². The van der Waals surface area contributed by atoms with E-state index in [1.807, 2.05) is 0 Å². The summed E-state index contributed by atoms with van der Waals surface area (Å²) in [5.74, 6) is 2.29. The molecule has 3 rings (SSSR count). The van der Waals surface area contributed by atoms with Crippen molar-refractivity contribution in [1.29, 1.82) is 0 Å². The summed E-state index contributed by atoms with van der Waals surface area (Å²) in [5.41, 5.74) is 0. The molecule has 2 saturated heterocycles. The van der Waals surface area contributed by atoms with E-state index in [4.69, 9.17) is 18.9 Å². The molecule has 14 heteroatoms. The van der Waals surface area contributed by atoms with Gasteiger partial charge >= 0.3 is 5.97 Å². The van der Waals surface area contributed by atoms with Crippen LogP contribution in [0.2, 0.25) is 0 Å². The fourth-order valence-electron chi connectivity index (χ4n) is 18.3. The van der Waals surface area contributed by atoms with E-state index in [1.54, 1.807) is 0 Å². The molecule has 0 spiro atoms. The molecule has 0 amide bonds. The highest BCUT2D eigenvalue weighted by Crippen LogP contribution is 2.49. The second-order valence-electron chi connectivity index (χ2n) is 36.8. The number of carbonyl (C=O) groups is 2. The molecule has 664 valence electrons. The maximum atomic E-state index is 13.9. The Hall–Kier alpha value is -1.30. The van der Waals surface area contributed by atoms with Gasteiger partial charge < -0.3 is 59.8 Å². The molecular weight excluding hydrogens is 1400 g/mol. The number of esters is 1. The maximum Gasteiger partial charge on any atom is 0.311 e. The minimum atomic E-state index is -1.83. The summed E-state index contributed by atoms with van der Waals surface area (Å²) in [6, 6.07) is 0. The number of aliphatic hydroxyl groups is 8. The summed E-state index contributed by atoms with van der Waals surface area (Å²) in [4.78, 5) is 26.6. The average Bonchev–Trinajstić information content (AvgIpc) is 1.11. The van der Waals surface area contributed by atoms with Crippen molar-refractivity contribution in [3.8, 4) is 0 Å². The molecule has 3 aliphatic rings. The molecule has 1 saturated carbocycles. The third-order valence-corrected chi connectivity index (χ3v) is 26.5. The number of ether oxygens (including phenoxy) is 4. The zero-order valence-corrected chi connectivity index (χ0v) is 74.0. The smallest absolute Gasteiger partial charge is 0.311 e. The lowest BCUT2D eigenvalue weighted by Gasteiger charge is -2.44. The first-order valence-corrected chi connectivity index (χ1v) is 49.8. The summed E-state index contributed by atoms with van der Waals surface area (Å²) in [6.45, 7) is 8.08. The minimum absolute atomic E-state index is 0.265. The number of carbonyl (C=O) groups excluding carboxylic acids is 2. The van der Waals surface area contributed by atoms with Crippen LogP contribution in [0.15, 0.2) is 0 Å². The first-order chi connectivity index (χ1) is 54.7. The Balaban J connectivity index is 1.14. The van der Waals surface area contributed by atoms with Crippen molar-refractivity contribution in [2.45, 2.75) is 570 Å². The maximum absolute atomic E-state index is 13.9. The van der Waals surface area contributed by atoms with Gasteiger partial charge in [0, 0.05) is 12.3 Å². The van der Waals surface area contributed by atoms with E-state index >= 15 is 0 Å². The lowest BCUT2D eigenvalue weighted by Crippen LogP contribution is -2.63. The van der Waals surface area contributed by atoms with Gasteiger partial charge in [0.2, 0.25) is 0 Å². The molecule has 0 radical (unpaired) electrons. The van der Waals surface area contributed by atoms with Gasteiger partial charge in [0.05, 0.1) is 18.6 Å². The predicted octanol–water partition coefficient (Wildman–Crippen LogP) is 25.1. The number of unbranched alkanes of at least 4 members (excludes halogenated alkanes) is 63. The largest absolute Gasteiger partial charge is 0.463 e. The fraction of sp³-hybridized carbons (Fsp3) is 0.980. The van der Waals surface area contributed by atoms with Crippen molar-refractivity contribution in [2.24, 2.45) is 29.6 Å². The summed E-state index contributed by atoms with van der Waals surface area (Å²) in [7, 11) is 0. The Kier molecular flexibility index (Phi) is 68.9. The molecule has 2 aliphatic heterocycles. The second kappa shape index (κ2) is 73.6. The molecule has 2 heterocycles. The van der Waals surface area contributed by atoms with Crippen molar-refractivity contribution >= 4 is 11.8 Å². The highest BCUT2D eigenvalue weighted by molar-refractivity contribution is 5.80. The molecule has 16 atom stereocenters. The highest BCUT2D eigenvalue weighted by atomic mass is 16.8. The monoisotopic (exact) mass is 1590 g/mol. The van der Waals surface area contributed by atoms with E-state index in [9.17, 15) is 50.4 Å². The topological polar surface area (TPSA) is 233 Å². The molecule has 112 heavy (non-hydrogen) atoms. The van der Waals surface area contributed by atoms with Crippen LogP contribution in [0.3, 0.4) is 0 Å². The van der Waals surface area contributed by atoms with Crippen LogP contribution in [0, 0.1) is 29.6 Å². The van der Waals surface area contributed by atoms with Gasteiger partial charge in [-0.3, -0.25) is 9.59 Å². The van der Waals surface area contributed by atoms with Crippen LogP contribution >= 0.6 is 0 Å². The number of rotatable bonds is 84. The first kappa shape index (κ1) is 105. The Morgan fingerprint density at radius 2 is 0.625 bits per heavy atom. The summed E-state index contributed by atoms with van der Waals surface area (Å²) in [5, 5.41) is 84.7. The zero-order chi connectivity index (χ0) is 81.0. The Labute approximate surface area is 690 Å². The zero-order valence-electron chi connectivity index (χ0n) is 74.0. The Bertz CT molecular complexity index is 2050. The number of ketones is 1. The first-order valence-electron chi connectivity index (χ1n) is 49.8. The molecular formula is C98H188O14. The summed E-state index contributed by atoms with van der Waals surface area (Å²) < 4.78 is 22.5. The van der Waals surface area contributed by atoms with E-state index in [-0.39, 0.29) is 5.92 Å². The summed E-state index contributed by atoms with van der Waals surface area (Å²) >= 11 is 0. The molecule has 8 N–H and O–H groups in total. The SMILES string of the molecule is CCCCCCCCCCCCCCCCCCCCCCCCCCC(C(=O)OCC1OC(OC2OC(CO)C(O)C(O)C2O)C(O)C(O)C1O)C(O)CCCCCCCCCCCCCCCCC1CC1C(C)CCCCCCCCCCCCCCCCC(=O)C(C)CCCCCCCCCCCCCCCCC. The van der Waals surface area contributed by atoms with Crippen LogP contribution < -0.4 is 0 Å². The summed E-state index contributed by atoms with van der Waals surface area (Å²) in [6.07, 6.45) is 78.5. The van der Waals surface area contributed by atoms with Gasteiger partial charge in [-0.15, -0.1) is 0 Å². The molecule has 3 fully saturated rings. The van der Waals surface area contributed by atoms with Crippen LogP contribution in [0.1, 0.15) is 503 Å². The van der Waals surface area contributed by atoms with Crippen LogP contribution in [-0.2, 0) is 28.5 Å². The lowest BCUT2D eigenvalue weighted by atomic mass is 9.91. The van der Waals surface area contributed by atoms with Crippen LogP contribution in [0.5, 0.6) is 0 Å². The fourth-order valence-corrected chi connectivity index (χ4v) is 18.3. The van der Waals surface area contributed by atoms with Crippen molar-refractivity contribution < 1.29 is 69.4 Å². The number of Topliss-reactive ketones (excluding diaryl/α,β-unsaturated/α-hetero) is 1. The van der Waals surface area contributed by atoms with Crippen molar-refractivity contribution in [3.05, 3.63) is 0 Å². The lowest BCUT2D eigenvalue weighted by molar-refractivity contribution is -0.376. The van der Waals surface area contributed by atoms with Crippen molar-refractivity contribution in [1.82, 2.24) is 0 Å². The van der Waals surface area contributed by atoms with Gasteiger partial charge in [0.1, 0.15) is 61.2 Å². The van der Waals surface area contributed by atoms with Gasteiger partial charge in [0.15, 0.2) is 12.6 Å². The molecule has 16 unspecified atom stereocenters. The standard InChI is InChI=1S/C98H188O14/c1-5-7-9-11-13-15-17-19-21-22-23-24-25-26-27-28-29-31-39-45-51-57-63-69-75-84(96(108)109-80-89-91(103)93(105)95(107)98(111-89)112-97-94(106)92(104)90(102)88(79-99)110-97)87(101)77-71-65-59-53-47-41-35-33-38-44-50-56-62-68-74-83-78-85(83)81(3)72-66-60-54-48-42-36-32-34-40-46-52-58-64-70-76-86(100)82(4)73-67-61-55-49-43-37-30-20-18-16-14-12-10-8-6-2/h81-85,87-95,97-99,101-107H,5-80H2,1-4H3.